The number of halogens is 1. The summed E-state index contributed by atoms with van der Waals surface area (Å²) in [7, 11) is 0. The molecule has 2 saturated carbocycles. The molecule has 0 aliphatic heterocycles. The Morgan fingerprint density at radius 3 is 1.43 bits per heavy atom. The molecular weight excluding hydrogens is 784 g/mol. The van der Waals surface area contributed by atoms with Gasteiger partial charge in [-0.2, -0.15) is 0 Å². The predicted octanol–water partition coefficient (Wildman–Crippen LogP) is 13.1. The van der Waals surface area contributed by atoms with Crippen LogP contribution < -0.4 is 12.4 Å². The van der Waals surface area contributed by atoms with Gasteiger partial charge in [-0.1, -0.05) is 129 Å². The number of hydrogen-bond acceptors (Lipinski definition) is 4. The first-order valence-corrected chi connectivity index (χ1v) is 23.6. The van der Waals surface area contributed by atoms with Crippen molar-refractivity contribution in [2.45, 2.75) is 234 Å². The van der Waals surface area contributed by atoms with Crippen molar-refractivity contribution >= 4 is 35.1 Å². The Morgan fingerprint density at radius 1 is 0.705 bits per heavy atom. The minimum absolute atomic E-state index is 0. The van der Waals surface area contributed by atoms with Crippen molar-refractivity contribution in [2.75, 3.05) is 0 Å². The number of aliphatic hydroxyl groups excluding tert-OH is 2. The standard InChI is InChI=1S/C11H22O.C11H20O.C11H22O.C11H20.C10H18O.CH3.ClH.Mg/c2*1-8-6-5-7-11(3,4)10(8)9(2)12;1-9(2)6-5-7-10(3)8-11(4)12;1-5-7-11(4)9-6-8-10(2)3;1-9(2)5-4-6-10(3)7-8-11;;;/h8-10,12H,5-7H2,1-4H3;8,10H,5-7H2,1-4H3;6,10-12H,5,7-8H2,1-4H3;5,7-8,11H,6,9H2,1-4H3;5,8,10H,4,6-7H2,1-3H3;1H3;1H;/q;;;;;-1;;+2/b;;;7-5-;;;;. The van der Waals surface area contributed by atoms with Crippen LogP contribution in [0.25, 0.3) is 0 Å². The van der Waals surface area contributed by atoms with Crippen molar-refractivity contribution in [3.05, 3.63) is 54.5 Å². The number of hydrogen-bond donors (Lipinski definition) is 2. The van der Waals surface area contributed by atoms with Crippen molar-refractivity contribution in [2.24, 2.45) is 52.3 Å². The molecule has 0 spiro atoms. The van der Waals surface area contributed by atoms with E-state index in [0.29, 0.717) is 53.1 Å². The smallest absolute Gasteiger partial charge is 1.00 e. The number of aliphatic hydroxyl groups is 2. The van der Waals surface area contributed by atoms with Crippen LogP contribution in [0.4, 0.5) is 0 Å². The molecule has 2 aliphatic carbocycles. The molecule has 0 aromatic carbocycles. The van der Waals surface area contributed by atoms with Crippen LogP contribution in [0.5, 0.6) is 0 Å². The summed E-state index contributed by atoms with van der Waals surface area (Å²) in [5, 5.41) is 18.8. The van der Waals surface area contributed by atoms with E-state index >= 15 is 0 Å². The molecule has 0 saturated heterocycles. The average molecular weight is 891 g/mol. The first-order valence-electron chi connectivity index (χ1n) is 23.6. The SMILES string of the molecule is C/C=C\C(C)CCC=C(C)C.CC(=O)C1C(C)CCCC1(C)C.CC(C)=CCCC(C)CC(C)O.CC(C)=CCCC(C)CC=O.CC(O)C1C(C)CCCC1(C)C.[CH3-].[Cl-].[H+].[Mg+2]. The van der Waals surface area contributed by atoms with Gasteiger partial charge < -0.3 is 34.8 Å². The third kappa shape index (κ3) is 40.5. The van der Waals surface area contributed by atoms with Gasteiger partial charge in [0.1, 0.15) is 12.1 Å². The van der Waals surface area contributed by atoms with Crippen LogP contribution in [0.1, 0.15) is 223 Å². The maximum absolute atomic E-state index is 11.4. The van der Waals surface area contributed by atoms with E-state index in [1.54, 1.807) is 6.92 Å². The summed E-state index contributed by atoms with van der Waals surface area (Å²) in [5.74, 6) is 4.36. The van der Waals surface area contributed by atoms with Gasteiger partial charge in [0.2, 0.25) is 0 Å². The van der Waals surface area contributed by atoms with E-state index in [4.69, 9.17) is 5.11 Å². The maximum atomic E-state index is 11.4. The summed E-state index contributed by atoms with van der Waals surface area (Å²) < 4.78 is 0. The first kappa shape index (κ1) is 71.9. The normalized spacial score (nSPS) is 21.9. The molecule has 4 nitrogen and oxygen atoms in total. The third-order valence-electron chi connectivity index (χ3n) is 12.2. The fourth-order valence-electron chi connectivity index (χ4n) is 9.40. The van der Waals surface area contributed by atoms with E-state index in [1.165, 1.54) is 74.5 Å². The molecule has 0 radical (unpaired) electrons. The number of ketones is 1. The van der Waals surface area contributed by atoms with Gasteiger partial charge in [0.05, 0.1) is 12.2 Å². The number of carbonyl (C=O) groups is 2. The summed E-state index contributed by atoms with van der Waals surface area (Å²) >= 11 is 0. The van der Waals surface area contributed by atoms with Crippen LogP contribution in [0.3, 0.4) is 0 Å². The van der Waals surface area contributed by atoms with Crippen molar-refractivity contribution in [3.8, 4) is 0 Å². The van der Waals surface area contributed by atoms with E-state index in [9.17, 15) is 14.7 Å². The molecule has 0 amide bonds. The van der Waals surface area contributed by atoms with E-state index < -0.39 is 0 Å². The molecule has 61 heavy (non-hydrogen) atoms. The summed E-state index contributed by atoms with van der Waals surface area (Å²) in [5.41, 5.74) is 4.76. The van der Waals surface area contributed by atoms with E-state index in [2.05, 4.69) is 141 Å². The second-order valence-corrected chi connectivity index (χ2v) is 20.8. The van der Waals surface area contributed by atoms with Gasteiger partial charge >= 0.3 is 24.5 Å². The van der Waals surface area contributed by atoms with Gasteiger partial charge in [0.25, 0.3) is 0 Å². The van der Waals surface area contributed by atoms with Crippen molar-refractivity contribution in [1.29, 1.82) is 0 Å². The maximum Gasteiger partial charge on any atom is 2.00 e. The van der Waals surface area contributed by atoms with Gasteiger partial charge in [-0.05, 0) is 180 Å². The monoisotopic (exact) mass is 890 g/mol. The molecular formula is C55H106ClMgO4+. The van der Waals surface area contributed by atoms with Gasteiger partial charge in [-0.3, -0.25) is 4.79 Å². The van der Waals surface area contributed by atoms with E-state index in [1.807, 2.05) is 13.8 Å². The van der Waals surface area contributed by atoms with E-state index in [-0.39, 0.29) is 61.9 Å². The third-order valence-corrected chi connectivity index (χ3v) is 12.2. The Hall–Kier alpha value is -0.724. The van der Waals surface area contributed by atoms with E-state index in [0.717, 1.165) is 37.9 Å². The zero-order chi connectivity index (χ0) is 45.6. The Morgan fingerprint density at radius 2 is 1.11 bits per heavy atom. The minimum Gasteiger partial charge on any atom is -1.00 e. The van der Waals surface area contributed by atoms with Gasteiger partial charge in [0, 0.05) is 12.3 Å². The van der Waals surface area contributed by atoms with Crippen LogP contribution in [0, 0.1) is 59.7 Å². The fraction of sp³-hybridized carbons (Fsp3) is 0.800. The van der Waals surface area contributed by atoms with Crippen molar-refractivity contribution < 1.29 is 33.6 Å². The van der Waals surface area contributed by atoms with Gasteiger partial charge in [-0.15, -0.1) is 0 Å². The molecule has 9 unspecified atom stereocenters. The predicted molar refractivity (Wildman–Crippen MR) is 271 cm³/mol. The summed E-state index contributed by atoms with van der Waals surface area (Å²) in [4.78, 5) is 21.5. The molecule has 0 bridgehead atoms. The number of rotatable bonds is 16. The van der Waals surface area contributed by atoms with Gasteiger partial charge in [-0.25, -0.2) is 0 Å². The summed E-state index contributed by atoms with van der Waals surface area (Å²) in [6, 6.07) is 0. The fourth-order valence-corrected chi connectivity index (χ4v) is 9.40. The summed E-state index contributed by atoms with van der Waals surface area (Å²) in [6.07, 6.45) is 28.2. The van der Waals surface area contributed by atoms with Crippen LogP contribution in [-0.2, 0) is 9.59 Å². The molecule has 358 valence electrons. The van der Waals surface area contributed by atoms with Crippen molar-refractivity contribution in [3.63, 3.8) is 0 Å². The molecule has 0 aromatic heterocycles. The van der Waals surface area contributed by atoms with Crippen LogP contribution in [0.2, 0.25) is 0 Å². The molecule has 2 N–H and O–H groups in total. The Balaban J connectivity index is -0.000000120. The van der Waals surface area contributed by atoms with Gasteiger partial charge in [0.15, 0.2) is 0 Å². The Kier molecular flexibility index (Phi) is 48.0. The molecule has 2 rings (SSSR count). The Labute approximate surface area is 407 Å². The topological polar surface area (TPSA) is 74.6 Å². The number of carbonyl (C=O) groups excluding carboxylic acids is 2. The van der Waals surface area contributed by atoms with Crippen LogP contribution in [-0.4, -0.2) is 57.5 Å². The number of allylic oxidation sites excluding steroid dienone is 8. The zero-order valence-corrected chi connectivity index (χ0v) is 46.5. The largest absolute Gasteiger partial charge is 2.00 e. The van der Waals surface area contributed by atoms with Crippen LogP contribution >= 0.6 is 0 Å². The Bertz CT molecular complexity index is 1180. The minimum atomic E-state index is -0.147. The number of Topliss-reactive ketones (excluding diaryl/α,β-unsaturated/α-hetero) is 1. The average Bonchev–Trinajstić information content (AvgIpc) is 3.04. The molecule has 0 heterocycles. The molecule has 0 aromatic rings. The van der Waals surface area contributed by atoms with Crippen LogP contribution in [0.15, 0.2) is 47.1 Å². The second-order valence-electron chi connectivity index (χ2n) is 20.8. The number of aldehydes is 1. The molecule has 2 fully saturated rings. The quantitative estimate of drug-likeness (QED) is 0.0701. The zero-order valence-electron chi connectivity index (χ0n) is 45.4. The summed E-state index contributed by atoms with van der Waals surface area (Å²) in [6.45, 7) is 40.5. The molecule has 6 heteroatoms. The molecule has 9 atom stereocenters. The molecule has 2 aliphatic rings. The second kappa shape index (κ2) is 40.8. The van der Waals surface area contributed by atoms with Crippen molar-refractivity contribution in [1.82, 2.24) is 0 Å². The first-order chi connectivity index (χ1) is 26.7.